The van der Waals surface area contributed by atoms with Crippen LogP contribution in [0.2, 0.25) is 0 Å². The van der Waals surface area contributed by atoms with Crippen LogP contribution in [0.5, 0.6) is 0 Å². The molecule has 0 amide bonds. The molecule has 1 unspecified atom stereocenters. The number of aliphatic hydroxyl groups is 1. The summed E-state index contributed by atoms with van der Waals surface area (Å²) < 4.78 is 5.01. The third-order valence-corrected chi connectivity index (χ3v) is 2.31. The van der Waals surface area contributed by atoms with Crippen LogP contribution in [0.3, 0.4) is 0 Å². The molecule has 0 bridgehead atoms. The Labute approximate surface area is 87.7 Å². The topological polar surface area (TPSA) is 82.7 Å². The maximum atomic E-state index is 10.5. The molecule has 0 aliphatic heterocycles. The van der Waals surface area contributed by atoms with Gasteiger partial charge in [0.2, 0.25) is 5.76 Å². The lowest BCUT2D eigenvalue weighted by Crippen LogP contribution is -2.41. The smallest absolute Gasteiger partial charge is 0.371 e. The van der Waals surface area contributed by atoms with Gasteiger partial charge in [-0.3, -0.25) is 0 Å². The highest BCUT2D eigenvalue weighted by Crippen LogP contribution is 2.20. The van der Waals surface area contributed by atoms with E-state index in [1.165, 1.54) is 12.1 Å². The van der Waals surface area contributed by atoms with Crippen molar-refractivity contribution in [2.24, 2.45) is 0 Å². The number of carboxylic acids is 1. The fourth-order valence-electron chi connectivity index (χ4n) is 0.942. The molecular weight excluding hydrogens is 198 g/mol. The van der Waals surface area contributed by atoms with Gasteiger partial charge in [0.15, 0.2) is 5.88 Å². The molecule has 0 aliphatic rings. The van der Waals surface area contributed by atoms with Crippen LogP contribution in [-0.4, -0.2) is 27.8 Å². The van der Waals surface area contributed by atoms with Crippen LogP contribution in [0.4, 0.5) is 5.88 Å². The highest BCUT2D eigenvalue weighted by molar-refractivity contribution is 5.84. The van der Waals surface area contributed by atoms with Crippen LogP contribution in [-0.2, 0) is 0 Å². The van der Waals surface area contributed by atoms with Crippen LogP contribution in [0.15, 0.2) is 16.5 Å². The molecule has 1 heterocycles. The van der Waals surface area contributed by atoms with E-state index in [2.05, 4.69) is 5.32 Å². The number of hydrogen-bond donors (Lipinski definition) is 3. The van der Waals surface area contributed by atoms with Gasteiger partial charge in [-0.15, -0.1) is 0 Å². The van der Waals surface area contributed by atoms with E-state index in [0.717, 1.165) is 0 Å². The minimum absolute atomic E-state index is 0.126. The normalized spacial score (nSPS) is 13.6. The van der Waals surface area contributed by atoms with Crippen molar-refractivity contribution in [1.82, 2.24) is 0 Å². The third-order valence-electron chi connectivity index (χ3n) is 2.31. The molecule has 0 saturated heterocycles. The number of rotatable bonds is 4. The van der Waals surface area contributed by atoms with E-state index in [1.807, 2.05) is 0 Å². The number of hydrogen-bond acceptors (Lipinski definition) is 4. The van der Waals surface area contributed by atoms with Crippen LogP contribution in [0.1, 0.15) is 31.3 Å². The summed E-state index contributed by atoms with van der Waals surface area (Å²) >= 11 is 0. The van der Waals surface area contributed by atoms with Crippen molar-refractivity contribution >= 4 is 11.9 Å². The number of carbonyl (C=O) groups is 1. The van der Waals surface area contributed by atoms with Gasteiger partial charge in [-0.2, -0.15) is 0 Å². The number of carboxylic acid groups (broad SMARTS) is 1. The SMILES string of the molecule is CC(O)C(C)(C)Nc1ccc(C(=O)O)o1. The molecule has 0 aliphatic carbocycles. The molecule has 1 aromatic rings. The molecule has 0 aromatic carbocycles. The summed E-state index contributed by atoms with van der Waals surface area (Å²) in [5.74, 6) is -0.907. The Kier molecular flexibility index (Phi) is 3.04. The van der Waals surface area contributed by atoms with Gasteiger partial charge < -0.3 is 19.9 Å². The zero-order valence-electron chi connectivity index (χ0n) is 8.94. The number of furan rings is 1. The lowest BCUT2D eigenvalue weighted by atomic mass is 9.99. The Hall–Kier alpha value is -1.49. The lowest BCUT2D eigenvalue weighted by Gasteiger charge is -2.28. The minimum atomic E-state index is -1.11. The summed E-state index contributed by atoms with van der Waals surface area (Å²) in [7, 11) is 0. The Morgan fingerprint density at radius 1 is 1.53 bits per heavy atom. The van der Waals surface area contributed by atoms with Gasteiger partial charge >= 0.3 is 5.97 Å². The monoisotopic (exact) mass is 213 g/mol. The Balaban J connectivity index is 2.77. The molecule has 1 atom stereocenters. The van der Waals surface area contributed by atoms with Gasteiger partial charge in [0.25, 0.3) is 0 Å². The highest BCUT2D eigenvalue weighted by Gasteiger charge is 2.25. The first kappa shape index (κ1) is 11.6. The molecule has 15 heavy (non-hydrogen) atoms. The quantitative estimate of drug-likeness (QED) is 0.706. The molecule has 1 rings (SSSR count). The van der Waals surface area contributed by atoms with Gasteiger partial charge in [-0.25, -0.2) is 4.79 Å². The average molecular weight is 213 g/mol. The number of aromatic carboxylic acids is 1. The molecule has 5 heteroatoms. The summed E-state index contributed by atoms with van der Waals surface area (Å²) in [6.45, 7) is 5.23. The molecule has 0 radical (unpaired) electrons. The zero-order valence-corrected chi connectivity index (χ0v) is 8.94. The standard InChI is InChI=1S/C10H15NO4/c1-6(12)10(2,3)11-8-5-4-7(15-8)9(13)14/h4-6,11-12H,1-3H3,(H,13,14). The summed E-state index contributed by atoms with van der Waals surface area (Å²) in [4.78, 5) is 10.5. The van der Waals surface area contributed by atoms with E-state index < -0.39 is 17.6 Å². The Morgan fingerprint density at radius 3 is 2.53 bits per heavy atom. The minimum Gasteiger partial charge on any atom is -0.475 e. The second-order valence-corrected chi connectivity index (χ2v) is 3.99. The van der Waals surface area contributed by atoms with Crippen molar-refractivity contribution in [3.8, 4) is 0 Å². The number of aliphatic hydroxyl groups excluding tert-OH is 1. The second kappa shape index (κ2) is 3.94. The van der Waals surface area contributed by atoms with Crippen molar-refractivity contribution in [1.29, 1.82) is 0 Å². The summed E-state index contributed by atoms with van der Waals surface area (Å²) in [5, 5.41) is 21.0. The summed E-state index contributed by atoms with van der Waals surface area (Å²) in [6.07, 6.45) is -0.587. The number of anilines is 1. The Bertz CT molecular complexity index is 354. The fourth-order valence-corrected chi connectivity index (χ4v) is 0.942. The molecule has 5 nitrogen and oxygen atoms in total. The van der Waals surface area contributed by atoms with Gasteiger partial charge in [0.05, 0.1) is 11.6 Å². The summed E-state index contributed by atoms with van der Waals surface area (Å²) in [5.41, 5.74) is -0.576. The third kappa shape index (κ3) is 2.73. The second-order valence-electron chi connectivity index (χ2n) is 3.99. The number of nitrogens with one attached hydrogen (secondary N) is 1. The van der Waals surface area contributed by atoms with Gasteiger partial charge in [-0.1, -0.05) is 0 Å². The van der Waals surface area contributed by atoms with Crippen LogP contribution in [0, 0.1) is 0 Å². The molecule has 0 spiro atoms. The van der Waals surface area contributed by atoms with Crippen molar-refractivity contribution < 1.29 is 19.4 Å². The molecule has 84 valence electrons. The van der Waals surface area contributed by atoms with Crippen molar-refractivity contribution in [2.45, 2.75) is 32.4 Å². The highest BCUT2D eigenvalue weighted by atomic mass is 16.4. The van der Waals surface area contributed by atoms with Gasteiger partial charge in [-0.05, 0) is 26.8 Å². The first-order valence-electron chi connectivity index (χ1n) is 4.62. The van der Waals surface area contributed by atoms with Gasteiger partial charge in [0.1, 0.15) is 0 Å². The molecule has 0 fully saturated rings. The zero-order chi connectivity index (χ0) is 11.6. The largest absolute Gasteiger partial charge is 0.475 e. The maximum Gasteiger partial charge on any atom is 0.371 e. The van der Waals surface area contributed by atoms with E-state index in [0.29, 0.717) is 5.88 Å². The lowest BCUT2D eigenvalue weighted by molar-refractivity contribution is 0.0663. The maximum absolute atomic E-state index is 10.5. The van der Waals surface area contributed by atoms with Crippen molar-refractivity contribution in [3.05, 3.63) is 17.9 Å². The summed E-state index contributed by atoms with van der Waals surface area (Å²) in [6, 6.07) is 2.89. The predicted molar refractivity (Wildman–Crippen MR) is 55.0 cm³/mol. The van der Waals surface area contributed by atoms with E-state index in [4.69, 9.17) is 9.52 Å². The molecular formula is C10H15NO4. The van der Waals surface area contributed by atoms with E-state index in [-0.39, 0.29) is 5.76 Å². The van der Waals surface area contributed by atoms with Crippen LogP contribution >= 0.6 is 0 Å². The van der Waals surface area contributed by atoms with Crippen LogP contribution in [0.25, 0.3) is 0 Å². The molecule has 0 saturated carbocycles. The van der Waals surface area contributed by atoms with Crippen molar-refractivity contribution in [2.75, 3.05) is 5.32 Å². The predicted octanol–water partition coefficient (Wildman–Crippen LogP) is 1.55. The first-order chi connectivity index (χ1) is 6.83. The van der Waals surface area contributed by atoms with E-state index in [1.54, 1.807) is 20.8 Å². The fraction of sp³-hybridized carbons (Fsp3) is 0.500. The molecule has 1 aromatic heterocycles. The van der Waals surface area contributed by atoms with Gasteiger partial charge in [0, 0.05) is 6.07 Å². The van der Waals surface area contributed by atoms with E-state index in [9.17, 15) is 9.90 Å². The van der Waals surface area contributed by atoms with E-state index >= 15 is 0 Å². The van der Waals surface area contributed by atoms with Crippen LogP contribution < -0.4 is 5.32 Å². The average Bonchev–Trinajstić information content (AvgIpc) is 2.51. The van der Waals surface area contributed by atoms with Crippen molar-refractivity contribution in [3.63, 3.8) is 0 Å². The molecule has 3 N–H and O–H groups in total. The Morgan fingerprint density at radius 2 is 2.13 bits per heavy atom. The first-order valence-corrected chi connectivity index (χ1v) is 4.62.